The molecule has 0 saturated carbocycles. The molecule has 0 aliphatic heterocycles. The summed E-state index contributed by atoms with van der Waals surface area (Å²) in [4.78, 5) is 1.05. The highest BCUT2D eigenvalue weighted by Gasteiger charge is 2.16. The van der Waals surface area contributed by atoms with Crippen molar-refractivity contribution in [2.24, 2.45) is 0 Å². The van der Waals surface area contributed by atoms with Gasteiger partial charge in [-0.15, -0.1) is 0 Å². The predicted octanol–water partition coefficient (Wildman–Crippen LogP) is 3.70. The third-order valence-electron chi connectivity index (χ3n) is 2.24. The van der Waals surface area contributed by atoms with Gasteiger partial charge in [0, 0.05) is 0 Å². The van der Waals surface area contributed by atoms with Gasteiger partial charge in [0.25, 0.3) is 0 Å². The monoisotopic (exact) mass is 272 g/mol. The SMILES string of the molecule is Cc1occc1Sc1c(N)cc(N)c(Cl)c1F. The highest BCUT2D eigenvalue weighted by Crippen LogP contribution is 2.40. The van der Waals surface area contributed by atoms with Gasteiger partial charge in [-0.2, -0.15) is 0 Å². The highest BCUT2D eigenvalue weighted by atomic mass is 35.5. The average Bonchev–Trinajstić information content (AvgIpc) is 2.67. The summed E-state index contributed by atoms with van der Waals surface area (Å²) in [5.74, 6) is 0.0940. The Balaban J connectivity index is 2.47. The van der Waals surface area contributed by atoms with Crippen LogP contribution in [-0.4, -0.2) is 0 Å². The quantitative estimate of drug-likeness (QED) is 0.818. The van der Waals surface area contributed by atoms with Crippen LogP contribution in [0.1, 0.15) is 5.76 Å². The molecule has 2 rings (SSSR count). The second kappa shape index (κ2) is 4.50. The number of nitrogens with two attached hydrogens (primary N) is 2. The minimum atomic E-state index is -0.602. The minimum absolute atomic E-state index is 0.108. The lowest BCUT2D eigenvalue weighted by Crippen LogP contribution is -1.98. The summed E-state index contributed by atoms with van der Waals surface area (Å²) in [5.41, 5.74) is 11.6. The Kier molecular flexibility index (Phi) is 3.22. The zero-order chi connectivity index (χ0) is 12.6. The molecule has 1 aromatic carbocycles. The van der Waals surface area contributed by atoms with Crippen molar-refractivity contribution in [3.05, 3.63) is 35.0 Å². The van der Waals surface area contributed by atoms with Crippen LogP contribution in [0.2, 0.25) is 5.02 Å². The van der Waals surface area contributed by atoms with E-state index in [1.165, 1.54) is 12.3 Å². The third kappa shape index (κ3) is 2.21. The van der Waals surface area contributed by atoms with E-state index in [-0.39, 0.29) is 21.3 Å². The van der Waals surface area contributed by atoms with Crippen molar-refractivity contribution >= 4 is 34.7 Å². The van der Waals surface area contributed by atoms with Crippen LogP contribution in [0.15, 0.2) is 32.6 Å². The van der Waals surface area contributed by atoms with Crippen LogP contribution in [0, 0.1) is 12.7 Å². The minimum Gasteiger partial charge on any atom is -0.468 e. The van der Waals surface area contributed by atoms with Gasteiger partial charge in [0.05, 0.1) is 27.4 Å². The molecule has 0 amide bonds. The van der Waals surface area contributed by atoms with Crippen LogP contribution in [0.4, 0.5) is 15.8 Å². The van der Waals surface area contributed by atoms with Gasteiger partial charge < -0.3 is 15.9 Å². The molecule has 2 aromatic rings. The molecule has 0 bridgehead atoms. The van der Waals surface area contributed by atoms with Crippen LogP contribution in [-0.2, 0) is 0 Å². The smallest absolute Gasteiger partial charge is 0.159 e. The van der Waals surface area contributed by atoms with E-state index in [4.69, 9.17) is 27.5 Å². The first-order chi connectivity index (χ1) is 8.00. The normalized spacial score (nSPS) is 10.8. The van der Waals surface area contributed by atoms with Gasteiger partial charge in [-0.25, -0.2) is 4.39 Å². The molecule has 0 spiro atoms. The lowest BCUT2D eigenvalue weighted by atomic mass is 10.3. The Morgan fingerprint density at radius 2 is 2.06 bits per heavy atom. The Morgan fingerprint density at radius 1 is 1.35 bits per heavy atom. The van der Waals surface area contributed by atoms with Gasteiger partial charge in [0.2, 0.25) is 0 Å². The number of benzene rings is 1. The summed E-state index contributed by atoms with van der Waals surface area (Å²) >= 11 is 6.91. The molecule has 6 heteroatoms. The Morgan fingerprint density at radius 3 is 2.65 bits per heavy atom. The van der Waals surface area contributed by atoms with Crippen molar-refractivity contribution < 1.29 is 8.81 Å². The largest absolute Gasteiger partial charge is 0.468 e. The fraction of sp³-hybridized carbons (Fsp3) is 0.0909. The summed E-state index contributed by atoms with van der Waals surface area (Å²) in [6, 6.07) is 3.19. The number of hydrogen-bond donors (Lipinski definition) is 2. The third-order valence-corrected chi connectivity index (χ3v) is 3.89. The van der Waals surface area contributed by atoms with Crippen molar-refractivity contribution in [2.45, 2.75) is 16.7 Å². The summed E-state index contributed by atoms with van der Waals surface area (Å²) in [6.45, 7) is 1.79. The summed E-state index contributed by atoms with van der Waals surface area (Å²) < 4.78 is 19.0. The molecular formula is C11H10ClFN2OS. The summed E-state index contributed by atoms with van der Waals surface area (Å²) in [5, 5.41) is -0.108. The van der Waals surface area contributed by atoms with Crippen molar-refractivity contribution in [1.82, 2.24) is 0 Å². The van der Waals surface area contributed by atoms with Crippen molar-refractivity contribution in [1.29, 1.82) is 0 Å². The number of rotatable bonds is 2. The molecule has 4 N–H and O–H groups in total. The number of aryl methyl sites for hydroxylation is 1. The molecule has 0 saturated heterocycles. The lowest BCUT2D eigenvalue weighted by molar-refractivity contribution is 0.527. The van der Waals surface area contributed by atoms with Gasteiger partial charge in [-0.3, -0.25) is 0 Å². The molecular weight excluding hydrogens is 263 g/mol. The Labute approximate surface area is 107 Å². The second-order valence-corrected chi connectivity index (χ2v) is 4.89. The molecule has 0 aliphatic carbocycles. The molecule has 3 nitrogen and oxygen atoms in total. The van der Waals surface area contributed by atoms with Crippen LogP contribution in [0.25, 0.3) is 0 Å². The maximum absolute atomic E-state index is 13.9. The van der Waals surface area contributed by atoms with Crippen molar-refractivity contribution in [3.8, 4) is 0 Å². The van der Waals surface area contributed by atoms with Gasteiger partial charge in [-0.1, -0.05) is 23.4 Å². The zero-order valence-electron chi connectivity index (χ0n) is 8.96. The number of halogens is 2. The lowest BCUT2D eigenvalue weighted by Gasteiger charge is -2.09. The fourth-order valence-corrected chi connectivity index (χ4v) is 2.45. The molecule has 0 aliphatic rings. The second-order valence-electron chi connectivity index (χ2n) is 3.46. The van der Waals surface area contributed by atoms with Crippen LogP contribution in [0.5, 0.6) is 0 Å². The Hall–Kier alpha value is -1.33. The van der Waals surface area contributed by atoms with E-state index in [0.717, 1.165) is 16.7 Å². The van der Waals surface area contributed by atoms with Crippen LogP contribution in [0.3, 0.4) is 0 Å². The van der Waals surface area contributed by atoms with E-state index in [0.29, 0.717) is 5.76 Å². The molecule has 1 aromatic heterocycles. The van der Waals surface area contributed by atoms with E-state index in [9.17, 15) is 4.39 Å². The molecule has 0 unspecified atom stereocenters. The molecule has 0 atom stereocenters. The van der Waals surface area contributed by atoms with E-state index >= 15 is 0 Å². The number of anilines is 2. The van der Waals surface area contributed by atoms with E-state index in [2.05, 4.69) is 0 Å². The van der Waals surface area contributed by atoms with Gasteiger partial charge in [0.15, 0.2) is 5.82 Å². The van der Waals surface area contributed by atoms with Crippen molar-refractivity contribution in [2.75, 3.05) is 11.5 Å². The van der Waals surface area contributed by atoms with Gasteiger partial charge in [0.1, 0.15) is 10.8 Å². The van der Waals surface area contributed by atoms with E-state index in [1.807, 2.05) is 0 Å². The van der Waals surface area contributed by atoms with Crippen LogP contribution >= 0.6 is 23.4 Å². The maximum Gasteiger partial charge on any atom is 0.159 e. The standard InChI is InChI=1S/C11H10ClFN2OS/c1-5-8(2-3-16-5)17-11-7(15)4-6(14)9(12)10(11)13/h2-4H,14-15H2,1H3. The molecule has 0 fully saturated rings. The first-order valence-electron chi connectivity index (χ1n) is 4.75. The Bertz CT molecular complexity index is 571. The van der Waals surface area contributed by atoms with Crippen molar-refractivity contribution in [3.63, 3.8) is 0 Å². The summed E-state index contributed by atoms with van der Waals surface area (Å²) in [6.07, 6.45) is 1.53. The predicted molar refractivity (Wildman–Crippen MR) is 67.8 cm³/mol. The number of nitrogen functional groups attached to an aromatic ring is 2. The zero-order valence-corrected chi connectivity index (χ0v) is 10.5. The van der Waals surface area contributed by atoms with Gasteiger partial charge in [-0.05, 0) is 19.1 Å². The average molecular weight is 273 g/mol. The molecule has 0 radical (unpaired) electrons. The molecule has 17 heavy (non-hydrogen) atoms. The topological polar surface area (TPSA) is 65.2 Å². The first-order valence-corrected chi connectivity index (χ1v) is 5.95. The highest BCUT2D eigenvalue weighted by molar-refractivity contribution is 7.99. The van der Waals surface area contributed by atoms with Gasteiger partial charge >= 0.3 is 0 Å². The van der Waals surface area contributed by atoms with Crippen LogP contribution < -0.4 is 11.5 Å². The van der Waals surface area contributed by atoms with E-state index < -0.39 is 5.82 Å². The fourth-order valence-electron chi connectivity index (χ4n) is 1.34. The number of furan rings is 1. The van der Waals surface area contributed by atoms with E-state index in [1.54, 1.807) is 13.0 Å². The molecule has 1 heterocycles. The maximum atomic E-state index is 13.9. The number of hydrogen-bond acceptors (Lipinski definition) is 4. The molecule has 90 valence electrons. The first kappa shape index (κ1) is 12.1. The summed E-state index contributed by atoms with van der Waals surface area (Å²) in [7, 11) is 0.